The first-order chi connectivity index (χ1) is 8.60. The largest absolute Gasteiger partial charge is 0.495 e. The Morgan fingerprint density at radius 2 is 2.33 bits per heavy atom. The van der Waals surface area contributed by atoms with Gasteiger partial charge in [0.25, 0.3) is 5.69 Å². The Hall–Kier alpha value is -1.82. The van der Waals surface area contributed by atoms with E-state index < -0.39 is 4.92 Å². The summed E-state index contributed by atoms with van der Waals surface area (Å²) in [6.07, 6.45) is 1.03. The van der Waals surface area contributed by atoms with Crippen LogP contribution in [0.1, 0.15) is 6.42 Å². The Morgan fingerprint density at radius 1 is 1.56 bits per heavy atom. The van der Waals surface area contributed by atoms with Crippen molar-refractivity contribution in [2.75, 3.05) is 32.6 Å². The standard InChI is InChI=1S/C12H17N3O3/c1-14-6-5-9(8-14)13-11-7-10(15(16)17)3-4-12(11)18-2/h3-4,7,9,13H,5-6,8H2,1-2H3. The molecule has 2 rings (SSSR count). The molecule has 1 aliphatic heterocycles. The van der Waals surface area contributed by atoms with Crippen molar-refractivity contribution in [1.29, 1.82) is 0 Å². The second kappa shape index (κ2) is 5.22. The van der Waals surface area contributed by atoms with Gasteiger partial charge in [0, 0.05) is 24.7 Å². The van der Waals surface area contributed by atoms with Crippen molar-refractivity contribution in [1.82, 2.24) is 4.90 Å². The summed E-state index contributed by atoms with van der Waals surface area (Å²) in [5.74, 6) is 0.634. The number of benzene rings is 1. The number of hydrogen-bond donors (Lipinski definition) is 1. The van der Waals surface area contributed by atoms with Crippen molar-refractivity contribution in [3.05, 3.63) is 28.3 Å². The van der Waals surface area contributed by atoms with Crippen molar-refractivity contribution in [2.45, 2.75) is 12.5 Å². The van der Waals surface area contributed by atoms with Gasteiger partial charge in [0.1, 0.15) is 5.75 Å². The molecule has 1 heterocycles. The monoisotopic (exact) mass is 251 g/mol. The first-order valence-electron chi connectivity index (χ1n) is 5.87. The van der Waals surface area contributed by atoms with Crippen LogP contribution in [0.3, 0.4) is 0 Å². The lowest BCUT2D eigenvalue weighted by atomic mass is 10.2. The van der Waals surface area contributed by atoms with Gasteiger partial charge in [-0.15, -0.1) is 0 Å². The van der Waals surface area contributed by atoms with E-state index in [1.807, 2.05) is 0 Å². The number of nitro benzene ring substituents is 1. The molecule has 18 heavy (non-hydrogen) atoms. The normalized spacial score (nSPS) is 19.8. The summed E-state index contributed by atoms with van der Waals surface area (Å²) in [5, 5.41) is 14.1. The number of methoxy groups -OCH3 is 1. The highest BCUT2D eigenvalue weighted by Gasteiger charge is 2.21. The van der Waals surface area contributed by atoms with E-state index >= 15 is 0 Å². The molecule has 1 fully saturated rings. The Balaban J connectivity index is 2.18. The number of rotatable bonds is 4. The van der Waals surface area contributed by atoms with Crippen molar-refractivity contribution in [2.24, 2.45) is 0 Å². The molecular formula is C12H17N3O3. The number of nitrogens with one attached hydrogen (secondary N) is 1. The van der Waals surface area contributed by atoms with Crippen LogP contribution in [0.5, 0.6) is 5.75 Å². The van der Waals surface area contributed by atoms with Crippen molar-refractivity contribution >= 4 is 11.4 Å². The predicted octanol–water partition coefficient (Wildman–Crippen LogP) is 1.72. The van der Waals surface area contributed by atoms with Gasteiger partial charge in [-0.3, -0.25) is 10.1 Å². The van der Waals surface area contributed by atoms with E-state index in [1.54, 1.807) is 13.2 Å². The predicted molar refractivity (Wildman–Crippen MR) is 69.2 cm³/mol. The maximum Gasteiger partial charge on any atom is 0.271 e. The van der Waals surface area contributed by atoms with E-state index in [-0.39, 0.29) is 5.69 Å². The topological polar surface area (TPSA) is 67.6 Å². The van der Waals surface area contributed by atoms with Gasteiger partial charge < -0.3 is 15.0 Å². The van der Waals surface area contributed by atoms with Gasteiger partial charge in [0.15, 0.2) is 0 Å². The Morgan fingerprint density at radius 3 is 2.89 bits per heavy atom. The van der Waals surface area contributed by atoms with Crippen molar-refractivity contribution < 1.29 is 9.66 Å². The third-order valence-corrected chi connectivity index (χ3v) is 3.14. The second-order valence-electron chi connectivity index (χ2n) is 4.53. The minimum absolute atomic E-state index is 0.0738. The maximum absolute atomic E-state index is 10.8. The zero-order chi connectivity index (χ0) is 13.1. The van der Waals surface area contributed by atoms with Crippen LogP contribution >= 0.6 is 0 Å². The highest BCUT2D eigenvalue weighted by molar-refractivity contribution is 5.62. The number of likely N-dealkylation sites (tertiary alicyclic amines) is 1. The minimum atomic E-state index is -0.397. The van der Waals surface area contributed by atoms with Crippen LogP contribution in [-0.4, -0.2) is 43.1 Å². The maximum atomic E-state index is 10.8. The summed E-state index contributed by atoms with van der Waals surface area (Å²) in [7, 11) is 3.62. The minimum Gasteiger partial charge on any atom is -0.495 e. The fourth-order valence-corrected chi connectivity index (χ4v) is 2.20. The fourth-order valence-electron chi connectivity index (χ4n) is 2.20. The Bertz CT molecular complexity index is 450. The smallest absolute Gasteiger partial charge is 0.271 e. The van der Waals surface area contributed by atoms with E-state index in [9.17, 15) is 10.1 Å². The van der Waals surface area contributed by atoms with E-state index in [1.165, 1.54) is 12.1 Å². The second-order valence-corrected chi connectivity index (χ2v) is 4.53. The summed E-state index contributed by atoms with van der Waals surface area (Å²) in [6.45, 7) is 1.97. The molecule has 0 aromatic heterocycles. The van der Waals surface area contributed by atoms with Crippen LogP contribution in [0.25, 0.3) is 0 Å². The van der Waals surface area contributed by atoms with E-state index in [4.69, 9.17) is 4.74 Å². The Labute approximate surface area is 106 Å². The molecule has 98 valence electrons. The molecule has 6 nitrogen and oxygen atoms in total. The number of ether oxygens (including phenoxy) is 1. The van der Waals surface area contributed by atoms with Gasteiger partial charge >= 0.3 is 0 Å². The lowest BCUT2D eigenvalue weighted by molar-refractivity contribution is -0.384. The van der Waals surface area contributed by atoms with Crippen LogP contribution in [-0.2, 0) is 0 Å². The summed E-state index contributed by atoms with van der Waals surface area (Å²) < 4.78 is 5.22. The van der Waals surface area contributed by atoms with Crippen molar-refractivity contribution in [3.63, 3.8) is 0 Å². The van der Waals surface area contributed by atoms with Crippen LogP contribution in [0.15, 0.2) is 18.2 Å². The molecule has 1 saturated heterocycles. The summed E-state index contributed by atoms with van der Waals surface area (Å²) in [4.78, 5) is 12.6. The van der Waals surface area contributed by atoms with E-state index in [0.717, 1.165) is 19.5 Å². The van der Waals surface area contributed by atoms with Crippen LogP contribution in [0.4, 0.5) is 11.4 Å². The van der Waals surface area contributed by atoms with Crippen LogP contribution in [0, 0.1) is 10.1 Å². The van der Waals surface area contributed by atoms with Gasteiger partial charge in [0.2, 0.25) is 0 Å². The van der Waals surface area contributed by atoms with Gasteiger partial charge in [-0.25, -0.2) is 0 Å². The highest BCUT2D eigenvalue weighted by atomic mass is 16.6. The van der Waals surface area contributed by atoms with E-state index in [2.05, 4.69) is 17.3 Å². The molecule has 1 atom stereocenters. The summed E-state index contributed by atoms with van der Waals surface area (Å²) >= 11 is 0. The molecule has 0 spiro atoms. The average Bonchev–Trinajstić information content (AvgIpc) is 2.74. The van der Waals surface area contributed by atoms with Gasteiger partial charge in [0.05, 0.1) is 17.7 Å². The number of likely N-dealkylation sites (N-methyl/N-ethyl adjacent to an activating group) is 1. The lowest BCUT2D eigenvalue weighted by Crippen LogP contribution is -2.23. The fraction of sp³-hybridized carbons (Fsp3) is 0.500. The van der Waals surface area contributed by atoms with Crippen molar-refractivity contribution in [3.8, 4) is 5.75 Å². The molecule has 1 aliphatic rings. The highest BCUT2D eigenvalue weighted by Crippen LogP contribution is 2.30. The van der Waals surface area contributed by atoms with E-state index in [0.29, 0.717) is 17.5 Å². The number of nitrogens with zero attached hydrogens (tertiary/aromatic N) is 2. The van der Waals surface area contributed by atoms with Gasteiger partial charge in [-0.2, -0.15) is 0 Å². The molecule has 1 aromatic rings. The summed E-state index contributed by atoms with van der Waals surface area (Å²) in [6, 6.07) is 4.91. The Kier molecular flexibility index (Phi) is 3.66. The molecular weight excluding hydrogens is 234 g/mol. The number of hydrogen-bond acceptors (Lipinski definition) is 5. The molecule has 0 amide bonds. The molecule has 1 N–H and O–H groups in total. The first kappa shape index (κ1) is 12.6. The SMILES string of the molecule is COc1ccc([N+](=O)[O-])cc1NC1CCN(C)C1. The number of nitro groups is 1. The molecule has 1 aromatic carbocycles. The third kappa shape index (κ3) is 2.70. The molecule has 0 saturated carbocycles. The summed E-state index contributed by atoms with van der Waals surface area (Å²) in [5.41, 5.74) is 0.761. The number of anilines is 1. The quantitative estimate of drug-likeness (QED) is 0.652. The number of non-ortho nitro benzene ring substituents is 1. The van der Waals surface area contributed by atoms with Gasteiger partial charge in [-0.1, -0.05) is 0 Å². The molecule has 6 heteroatoms. The molecule has 1 unspecified atom stereocenters. The lowest BCUT2D eigenvalue weighted by Gasteiger charge is -2.16. The molecule has 0 radical (unpaired) electrons. The zero-order valence-corrected chi connectivity index (χ0v) is 10.5. The molecule has 0 bridgehead atoms. The molecule has 0 aliphatic carbocycles. The van der Waals surface area contributed by atoms with Crippen LogP contribution < -0.4 is 10.1 Å². The first-order valence-corrected chi connectivity index (χ1v) is 5.87. The zero-order valence-electron chi connectivity index (χ0n) is 10.5. The third-order valence-electron chi connectivity index (χ3n) is 3.14. The van der Waals surface area contributed by atoms with Gasteiger partial charge in [-0.05, 0) is 26.1 Å². The van der Waals surface area contributed by atoms with Crippen LogP contribution in [0.2, 0.25) is 0 Å². The average molecular weight is 251 g/mol.